The highest BCUT2D eigenvalue weighted by Crippen LogP contribution is 2.38. The lowest BCUT2D eigenvalue weighted by Crippen LogP contribution is -2.49. The summed E-state index contributed by atoms with van der Waals surface area (Å²) >= 11 is 0. The number of aromatic nitrogens is 2. The molecule has 0 aliphatic carbocycles. The Balaban J connectivity index is 1.48. The van der Waals surface area contributed by atoms with Crippen LogP contribution in [0.2, 0.25) is 0 Å². The van der Waals surface area contributed by atoms with Crippen molar-refractivity contribution in [2.45, 2.75) is 25.1 Å². The number of methoxy groups -OCH3 is 1. The van der Waals surface area contributed by atoms with Crippen LogP contribution >= 0.6 is 0 Å². The third-order valence-electron chi connectivity index (χ3n) is 8.15. The van der Waals surface area contributed by atoms with E-state index >= 15 is 0 Å². The van der Waals surface area contributed by atoms with E-state index in [2.05, 4.69) is 15.7 Å². The monoisotopic (exact) mass is 692 g/mol. The summed E-state index contributed by atoms with van der Waals surface area (Å²) in [6, 6.07) is 17.9. The normalized spacial score (nSPS) is 13.3. The van der Waals surface area contributed by atoms with Crippen LogP contribution in [0.25, 0.3) is 5.69 Å². The molecule has 1 aliphatic rings. The minimum absolute atomic E-state index is 0.102. The molecule has 4 aromatic rings. The van der Waals surface area contributed by atoms with Gasteiger partial charge in [-0.1, -0.05) is 30.3 Å². The number of anilines is 1. The summed E-state index contributed by atoms with van der Waals surface area (Å²) in [7, 11) is 4.50. The zero-order valence-electron chi connectivity index (χ0n) is 27.5. The molecule has 4 amide bonds. The number of aliphatic hydroxyl groups is 1. The molecule has 262 valence electrons. The molecule has 1 aliphatic heterocycles. The Kier molecular flexibility index (Phi) is 10.6. The van der Waals surface area contributed by atoms with Gasteiger partial charge in [0.05, 0.1) is 25.0 Å². The zero-order chi connectivity index (χ0) is 36.2. The lowest BCUT2D eigenvalue weighted by molar-refractivity contribution is -0.142. The van der Waals surface area contributed by atoms with Gasteiger partial charge in [-0.25, -0.2) is 4.68 Å². The molecule has 0 spiro atoms. The Labute approximate surface area is 285 Å². The van der Waals surface area contributed by atoms with E-state index in [-0.39, 0.29) is 48.0 Å². The Morgan fingerprint density at radius 2 is 1.74 bits per heavy atom. The number of hydrogen-bond donors (Lipinski definition) is 3. The van der Waals surface area contributed by atoms with E-state index in [0.717, 1.165) is 10.2 Å². The first-order valence-electron chi connectivity index (χ1n) is 15.6. The van der Waals surface area contributed by atoms with Crippen molar-refractivity contribution in [2.75, 3.05) is 45.8 Å². The molecule has 50 heavy (non-hydrogen) atoms. The fraction of sp³-hybridized carbons (Fsp3) is 0.286. The van der Waals surface area contributed by atoms with Crippen LogP contribution in [-0.2, 0) is 23.8 Å². The Morgan fingerprint density at radius 3 is 2.36 bits per heavy atom. The Bertz CT molecular complexity index is 1890. The number of ether oxygens (including phenoxy) is 1. The van der Waals surface area contributed by atoms with Crippen LogP contribution in [0.4, 0.5) is 18.9 Å². The van der Waals surface area contributed by atoms with Crippen LogP contribution in [-0.4, -0.2) is 90.4 Å². The Morgan fingerprint density at radius 1 is 1.04 bits per heavy atom. The number of halogens is 3. The molecule has 12 nitrogen and oxygen atoms in total. The van der Waals surface area contributed by atoms with Gasteiger partial charge in [0.1, 0.15) is 17.5 Å². The molecule has 15 heteroatoms. The van der Waals surface area contributed by atoms with Crippen molar-refractivity contribution in [3.8, 4) is 11.4 Å². The number of amides is 4. The number of aliphatic hydroxyl groups excluding tert-OH is 1. The van der Waals surface area contributed by atoms with Gasteiger partial charge in [0.25, 0.3) is 17.7 Å². The highest BCUT2D eigenvalue weighted by molar-refractivity contribution is 6.08. The molecule has 5 rings (SSSR count). The lowest BCUT2D eigenvalue weighted by Gasteiger charge is -2.28. The van der Waals surface area contributed by atoms with Gasteiger partial charge in [0, 0.05) is 44.0 Å². The molecule has 2 heterocycles. The third kappa shape index (κ3) is 7.47. The maximum atomic E-state index is 14.3. The number of alkyl halides is 3. The smallest absolute Gasteiger partial charge is 0.435 e. The van der Waals surface area contributed by atoms with E-state index in [4.69, 9.17) is 4.74 Å². The second-order valence-electron chi connectivity index (χ2n) is 11.7. The molecule has 3 N–H and O–H groups in total. The number of benzene rings is 3. The topological polar surface area (TPSA) is 146 Å². The summed E-state index contributed by atoms with van der Waals surface area (Å²) in [5.41, 5.74) is -0.833. The molecule has 0 saturated heterocycles. The SMILES string of the molecule is COc1ccc(-n2nc(C(F)(F)F)c3c2C(=O)N(c2ccc(C(=O)N(C)C)cc2)CC3)c(C(=O)N[C@@H](CO)C(=O)NCCc2ccccc2)c1. The number of rotatable bonds is 11. The summed E-state index contributed by atoms with van der Waals surface area (Å²) in [5, 5.41) is 18.9. The van der Waals surface area contributed by atoms with Gasteiger partial charge < -0.3 is 30.3 Å². The number of nitrogens with one attached hydrogen (secondary N) is 2. The van der Waals surface area contributed by atoms with Crippen LogP contribution in [0.15, 0.2) is 72.8 Å². The molecule has 0 fully saturated rings. The van der Waals surface area contributed by atoms with E-state index in [1.165, 1.54) is 59.4 Å². The third-order valence-corrected chi connectivity index (χ3v) is 8.15. The van der Waals surface area contributed by atoms with Crippen molar-refractivity contribution in [3.63, 3.8) is 0 Å². The standard InChI is InChI=1S/C35H35F3N6O6/c1-42(2)33(48)22-9-11-23(12-10-22)43-18-16-25-29(34(43)49)44(41-30(25)35(36,37)38)28-14-13-24(50-3)19-26(28)31(46)40-27(20-45)32(47)39-17-15-21-7-5-4-6-8-21/h4-14,19,27,45H,15-18,20H2,1-3H3,(H,39,47)(H,40,46)/t27-/m0/s1. The van der Waals surface area contributed by atoms with Crippen molar-refractivity contribution in [1.82, 2.24) is 25.3 Å². The quantitative estimate of drug-likeness (QED) is 0.219. The minimum Gasteiger partial charge on any atom is -0.497 e. The maximum absolute atomic E-state index is 14.3. The molecule has 1 atom stereocenters. The van der Waals surface area contributed by atoms with Gasteiger partial charge in [-0.2, -0.15) is 18.3 Å². The predicted molar refractivity (Wildman–Crippen MR) is 176 cm³/mol. The first kappa shape index (κ1) is 35.6. The highest BCUT2D eigenvalue weighted by Gasteiger charge is 2.44. The molecular weight excluding hydrogens is 657 g/mol. The highest BCUT2D eigenvalue weighted by atomic mass is 19.4. The molecular formula is C35H35F3N6O6. The predicted octanol–water partition coefficient (Wildman–Crippen LogP) is 3.25. The Hall–Kier alpha value is -5.70. The van der Waals surface area contributed by atoms with Gasteiger partial charge in [-0.3, -0.25) is 19.2 Å². The summed E-state index contributed by atoms with van der Waals surface area (Å²) in [4.78, 5) is 55.6. The largest absolute Gasteiger partial charge is 0.497 e. The second kappa shape index (κ2) is 14.8. The molecule has 3 aromatic carbocycles. The van der Waals surface area contributed by atoms with Crippen molar-refractivity contribution < 1.29 is 42.2 Å². The second-order valence-corrected chi connectivity index (χ2v) is 11.7. The van der Waals surface area contributed by atoms with Crippen LogP contribution in [0, 0.1) is 0 Å². The van der Waals surface area contributed by atoms with E-state index in [1.807, 2.05) is 30.3 Å². The maximum Gasteiger partial charge on any atom is 0.435 e. The van der Waals surface area contributed by atoms with Crippen molar-refractivity contribution in [3.05, 3.63) is 106 Å². The van der Waals surface area contributed by atoms with Gasteiger partial charge in [0.15, 0.2) is 5.69 Å². The number of carbonyl (C=O) groups excluding carboxylic acids is 4. The van der Waals surface area contributed by atoms with Crippen LogP contribution in [0.3, 0.4) is 0 Å². The number of carbonyl (C=O) groups is 4. The molecule has 0 unspecified atom stereocenters. The van der Waals surface area contributed by atoms with Crippen LogP contribution < -0.4 is 20.3 Å². The average Bonchev–Trinajstić information content (AvgIpc) is 3.52. The van der Waals surface area contributed by atoms with E-state index in [0.29, 0.717) is 17.7 Å². The van der Waals surface area contributed by atoms with Crippen LogP contribution in [0.1, 0.15) is 48.0 Å². The first-order valence-corrected chi connectivity index (χ1v) is 15.6. The van der Waals surface area contributed by atoms with Crippen molar-refractivity contribution >= 4 is 29.3 Å². The fourth-order valence-corrected chi connectivity index (χ4v) is 5.59. The van der Waals surface area contributed by atoms with Crippen LogP contribution in [0.5, 0.6) is 5.75 Å². The molecule has 0 bridgehead atoms. The zero-order valence-corrected chi connectivity index (χ0v) is 27.5. The first-order chi connectivity index (χ1) is 23.8. The van der Waals surface area contributed by atoms with E-state index < -0.39 is 47.9 Å². The molecule has 1 aromatic heterocycles. The van der Waals surface area contributed by atoms with Gasteiger partial charge in [-0.05, 0) is 60.9 Å². The van der Waals surface area contributed by atoms with Crippen molar-refractivity contribution in [1.29, 1.82) is 0 Å². The summed E-state index contributed by atoms with van der Waals surface area (Å²) in [5.74, 6) is -2.54. The van der Waals surface area contributed by atoms with Gasteiger partial charge in [0.2, 0.25) is 5.91 Å². The molecule has 0 radical (unpaired) electrons. The van der Waals surface area contributed by atoms with E-state index in [1.54, 1.807) is 14.1 Å². The number of hydrogen-bond acceptors (Lipinski definition) is 7. The van der Waals surface area contributed by atoms with Gasteiger partial charge >= 0.3 is 6.18 Å². The summed E-state index contributed by atoms with van der Waals surface area (Å²) < 4.78 is 49.0. The summed E-state index contributed by atoms with van der Waals surface area (Å²) in [6.45, 7) is -0.661. The number of fused-ring (bicyclic) bond motifs is 1. The molecule has 0 saturated carbocycles. The fourth-order valence-electron chi connectivity index (χ4n) is 5.59. The minimum atomic E-state index is -4.93. The van der Waals surface area contributed by atoms with E-state index in [9.17, 15) is 37.5 Å². The van der Waals surface area contributed by atoms with Crippen molar-refractivity contribution in [2.24, 2.45) is 0 Å². The number of nitrogens with zero attached hydrogens (tertiary/aromatic N) is 4. The average molecular weight is 693 g/mol. The van der Waals surface area contributed by atoms with Gasteiger partial charge in [-0.15, -0.1) is 0 Å². The lowest BCUT2D eigenvalue weighted by atomic mass is 10.0. The summed E-state index contributed by atoms with van der Waals surface area (Å²) in [6.07, 6.45) is -4.64.